The third-order valence-electron chi connectivity index (χ3n) is 2.77. The van der Waals surface area contributed by atoms with Crippen molar-refractivity contribution in [2.75, 3.05) is 12.4 Å². The topological polar surface area (TPSA) is 55.4 Å². The van der Waals surface area contributed by atoms with Crippen molar-refractivity contribution in [1.82, 2.24) is 0 Å². The van der Waals surface area contributed by atoms with Gasteiger partial charge in [0, 0.05) is 10.0 Å². The Morgan fingerprint density at radius 1 is 1.38 bits per heavy atom. The number of amides is 1. The number of hydrogen-bond donors (Lipinski definition) is 1. The molecular formula is C14H11BrClNO3S. The number of methoxy groups -OCH3 is 1. The molecule has 0 spiro atoms. The van der Waals surface area contributed by atoms with E-state index in [4.69, 9.17) is 16.3 Å². The van der Waals surface area contributed by atoms with Gasteiger partial charge in [-0.2, -0.15) is 0 Å². The summed E-state index contributed by atoms with van der Waals surface area (Å²) >= 11 is 10.4. The molecule has 1 aromatic heterocycles. The largest absolute Gasteiger partial charge is 0.465 e. The number of esters is 1. The van der Waals surface area contributed by atoms with Gasteiger partial charge in [-0.3, -0.25) is 4.79 Å². The van der Waals surface area contributed by atoms with Gasteiger partial charge in [-0.15, -0.1) is 11.3 Å². The van der Waals surface area contributed by atoms with E-state index in [1.807, 2.05) is 6.92 Å². The Morgan fingerprint density at radius 3 is 2.71 bits per heavy atom. The van der Waals surface area contributed by atoms with E-state index in [1.165, 1.54) is 18.4 Å². The molecule has 21 heavy (non-hydrogen) atoms. The van der Waals surface area contributed by atoms with Crippen molar-refractivity contribution in [3.8, 4) is 0 Å². The van der Waals surface area contributed by atoms with Crippen LogP contribution in [0.2, 0.25) is 5.02 Å². The minimum absolute atomic E-state index is 0.320. The molecule has 2 aromatic rings. The molecular weight excluding hydrogens is 378 g/mol. The molecule has 110 valence electrons. The van der Waals surface area contributed by atoms with Gasteiger partial charge in [-0.1, -0.05) is 11.6 Å². The van der Waals surface area contributed by atoms with Crippen molar-refractivity contribution in [1.29, 1.82) is 0 Å². The minimum atomic E-state index is -0.472. The highest BCUT2D eigenvalue weighted by Gasteiger charge is 2.19. The zero-order chi connectivity index (χ0) is 15.6. The van der Waals surface area contributed by atoms with Crippen molar-refractivity contribution in [2.45, 2.75) is 6.92 Å². The highest BCUT2D eigenvalue weighted by molar-refractivity contribution is 9.10. The van der Waals surface area contributed by atoms with E-state index in [1.54, 1.807) is 23.6 Å². The van der Waals surface area contributed by atoms with Gasteiger partial charge in [0.15, 0.2) is 0 Å². The van der Waals surface area contributed by atoms with Crippen molar-refractivity contribution in [2.24, 2.45) is 0 Å². The van der Waals surface area contributed by atoms with Gasteiger partial charge >= 0.3 is 5.97 Å². The lowest BCUT2D eigenvalue weighted by molar-refractivity contribution is 0.0607. The number of benzene rings is 1. The van der Waals surface area contributed by atoms with Gasteiger partial charge in [-0.25, -0.2) is 4.79 Å². The quantitative estimate of drug-likeness (QED) is 0.787. The SMILES string of the molecule is COC(=O)c1scc(C)c1NC(=O)c1ccc(Cl)c(Br)c1. The number of rotatable bonds is 3. The fraction of sp³-hybridized carbons (Fsp3) is 0.143. The van der Waals surface area contributed by atoms with Crippen LogP contribution < -0.4 is 5.32 Å². The minimum Gasteiger partial charge on any atom is -0.465 e. The van der Waals surface area contributed by atoms with Gasteiger partial charge in [0.25, 0.3) is 5.91 Å². The summed E-state index contributed by atoms with van der Waals surface area (Å²) in [5, 5.41) is 5.06. The predicted molar refractivity (Wildman–Crippen MR) is 87.5 cm³/mol. The van der Waals surface area contributed by atoms with E-state index in [2.05, 4.69) is 21.2 Å². The number of halogens is 2. The van der Waals surface area contributed by atoms with Gasteiger partial charge in [0.1, 0.15) is 4.88 Å². The Hall–Kier alpha value is -1.37. The lowest BCUT2D eigenvalue weighted by Crippen LogP contribution is -2.14. The average molecular weight is 389 g/mol. The Labute approximate surface area is 139 Å². The lowest BCUT2D eigenvalue weighted by Gasteiger charge is -2.08. The van der Waals surface area contributed by atoms with Crippen LogP contribution in [0.25, 0.3) is 0 Å². The zero-order valence-electron chi connectivity index (χ0n) is 11.2. The molecule has 0 aliphatic heterocycles. The number of aryl methyl sites for hydroxylation is 1. The summed E-state index contributed by atoms with van der Waals surface area (Å²) < 4.78 is 5.34. The van der Waals surface area contributed by atoms with Gasteiger partial charge in [0.05, 0.1) is 17.8 Å². The summed E-state index contributed by atoms with van der Waals surface area (Å²) in [5.41, 5.74) is 1.72. The maximum atomic E-state index is 12.3. The third kappa shape index (κ3) is 3.45. The summed E-state index contributed by atoms with van der Waals surface area (Å²) in [5.74, 6) is -0.792. The Kier molecular flexibility index (Phi) is 5.03. The van der Waals surface area contributed by atoms with Crippen molar-refractivity contribution < 1.29 is 14.3 Å². The predicted octanol–water partition coefficient (Wildman–Crippen LogP) is 4.51. The van der Waals surface area contributed by atoms with Gasteiger partial charge in [0.2, 0.25) is 0 Å². The first-order valence-electron chi connectivity index (χ1n) is 5.87. The highest BCUT2D eigenvalue weighted by atomic mass is 79.9. The average Bonchev–Trinajstić information content (AvgIpc) is 2.82. The Morgan fingerprint density at radius 2 is 2.10 bits per heavy atom. The van der Waals surface area contributed by atoms with Crippen LogP contribution in [0, 0.1) is 6.92 Å². The van der Waals surface area contributed by atoms with E-state index >= 15 is 0 Å². The fourth-order valence-corrected chi connectivity index (χ4v) is 3.08. The van der Waals surface area contributed by atoms with Gasteiger partial charge in [-0.05, 0) is 52.0 Å². The maximum Gasteiger partial charge on any atom is 0.350 e. The normalized spacial score (nSPS) is 10.3. The molecule has 0 radical (unpaired) electrons. The van der Waals surface area contributed by atoms with Crippen LogP contribution in [0.3, 0.4) is 0 Å². The van der Waals surface area contributed by atoms with Crippen molar-refractivity contribution >= 4 is 56.4 Å². The molecule has 0 bridgehead atoms. The van der Waals surface area contributed by atoms with E-state index in [0.717, 1.165) is 5.56 Å². The molecule has 1 amide bonds. The van der Waals surface area contributed by atoms with E-state index < -0.39 is 5.97 Å². The number of ether oxygens (including phenoxy) is 1. The molecule has 0 saturated carbocycles. The fourth-order valence-electron chi connectivity index (χ4n) is 1.67. The van der Waals surface area contributed by atoms with Crippen LogP contribution in [0.15, 0.2) is 28.1 Å². The third-order valence-corrected chi connectivity index (χ3v) is 5.06. The molecule has 1 N–H and O–H groups in total. The molecule has 0 atom stereocenters. The molecule has 2 rings (SSSR count). The lowest BCUT2D eigenvalue weighted by atomic mass is 10.2. The first kappa shape index (κ1) is 16.0. The maximum absolute atomic E-state index is 12.3. The number of nitrogens with one attached hydrogen (secondary N) is 1. The molecule has 1 heterocycles. The number of carbonyl (C=O) groups excluding carboxylic acids is 2. The summed E-state index contributed by atoms with van der Waals surface area (Å²) in [7, 11) is 1.30. The van der Waals surface area contributed by atoms with E-state index in [0.29, 0.717) is 25.6 Å². The van der Waals surface area contributed by atoms with Crippen LogP contribution in [-0.2, 0) is 4.74 Å². The first-order chi connectivity index (χ1) is 9.93. The summed E-state index contributed by atoms with van der Waals surface area (Å²) in [6.45, 7) is 1.82. The van der Waals surface area contributed by atoms with Crippen LogP contribution >= 0.6 is 38.9 Å². The van der Waals surface area contributed by atoms with Crippen LogP contribution in [0.4, 0.5) is 5.69 Å². The van der Waals surface area contributed by atoms with Crippen LogP contribution in [0.1, 0.15) is 25.6 Å². The molecule has 7 heteroatoms. The molecule has 0 aliphatic rings. The molecule has 0 unspecified atom stereocenters. The second-order valence-corrected chi connectivity index (χ2v) is 6.34. The number of carbonyl (C=O) groups is 2. The standard InChI is InChI=1S/C14H11BrClNO3S/c1-7-6-21-12(14(19)20-2)11(7)17-13(18)8-3-4-10(16)9(15)5-8/h3-6H,1-2H3,(H,17,18). The Bertz CT molecular complexity index is 714. The molecule has 1 aromatic carbocycles. The summed E-state index contributed by atoms with van der Waals surface area (Å²) in [6.07, 6.45) is 0. The second-order valence-electron chi connectivity index (χ2n) is 4.20. The van der Waals surface area contributed by atoms with Crippen molar-refractivity contribution in [3.05, 3.63) is 49.1 Å². The summed E-state index contributed by atoms with van der Waals surface area (Å²) in [4.78, 5) is 24.3. The van der Waals surface area contributed by atoms with Crippen molar-refractivity contribution in [3.63, 3.8) is 0 Å². The smallest absolute Gasteiger partial charge is 0.350 e. The molecule has 4 nitrogen and oxygen atoms in total. The second kappa shape index (κ2) is 6.60. The van der Waals surface area contributed by atoms with E-state index in [9.17, 15) is 9.59 Å². The molecule has 0 saturated heterocycles. The van der Waals surface area contributed by atoms with Gasteiger partial charge < -0.3 is 10.1 Å². The molecule has 0 aliphatic carbocycles. The number of hydrogen-bond acceptors (Lipinski definition) is 4. The number of anilines is 1. The zero-order valence-corrected chi connectivity index (χ0v) is 14.4. The van der Waals surface area contributed by atoms with E-state index in [-0.39, 0.29) is 5.91 Å². The van der Waals surface area contributed by atoms with Crippen LogP contribution in [0.5, 0.6) is 0 Å². The monoisotopic (exact) mass is 387 g/mol. The first-order valence-corrected chi connectivity index (χ1v) is 7.92. The molecule has 0 fully saturated rings. The number of thiophene rings is 1. The Balaban J connectivity index is 2.29. The highest BCUT2D eigenvalue weighted by Crippen LogP contribution is 2.29. The van der Waals surface area contributed by atoms with Crippen LogP contribution in [-0.4, -0.2) is 19.0 Å². The summed E-state index contributed by atoms with van der Waals surface area (Å²) in [6, 6.07) is 4.86.